The molecule has 0 amide bonds. The van der Waals surface area contributed by atoms with E-state index in [1.54, 1.807) is 0 Å². The second-order valence-electron chi connectivity index (χ2n) is 4.04. The maximum atomic E-state index is 11.2. The highest BCUT2D eigenvalue weighted by molar-refractivity contribution is 5.70. The quantitative estimate of drug-likeness (QED) is 0.507. The lowest BCUT2D eigenvalue weighted by molar-refractivity contribution is -0.144. The predicted molar refractivity (Wildman–Crippen MR) is 57.9 cm³/mol. The molecule has 3 nitrogen and oxygen atoms in total. The van der Waals surface area contributed by atoms with Crippen LogP contribution in [0, 0.1) is 5.92 Å². The van der Waals surface area contributed by atoms with Crippen molar-refractivity contribution >= 4 is 5.97 Å². The Morgan fingerprint density at radius 2 is 2.00 bits per heavy atom. The summed E-state index contributed by atoms with van der Waals surface area (Å²) in [5, 5.41) is 0. The number of ether oxygens (including phenoxy) is 1. The Hall–Kier alpha value is -0.570. The summed E-state index contributed by atoms with van der Waals surface area (Å²) in [7, 11) is 0. The van der Waals surface area contributed by atoms with Crippen molar-refractivity contribution in [1.82, 2.24) is 0 Å². The number of hydrogen-bond donors (Lipinski definition) is 1. The second-order valence-corrected chi connectivity index (χ2v) is 4.04. The summed E-state index contributed by atoms with van der Waals surface area (Å²) in [6.07, 6.45) is 3.55. The highest BCUT2D eigenvalue weighted by Crippen LogP contribution is 2.04. The summed E-state index contributed by atoms with van der Waals surface area (Å²) in [4.78, 5) is 11.2. The Bertz CT molecular complexity index is 157. The first-order valence-corrected chi connectivity index (χ1v) is 5.49. The minimum absolute atomic E-state index is 0.0753. The monoisotopic (exact) mass is 201 g/mol. The van der Waals surface area contributed by atoms with Crippen LogP contribution in [0.3, 0.4) is 0 Å². The van der Waals surface area contributed by atoms with Crippen LogP contribution in [0.1, 0.15) is 46.5 Å². The molecule has 0 fully saturated rings. The van der Waals surface area contributed by atoms with E-state index in [0.717, 1.165) is 19.3 Å². The van der Waals surface area contributed by atoms with Crippen LogP contribution in [0.15, 0.2) is 0 Å². The number of esters is 1. The van der Waals surface area contributed by atoms with Gasteiger partial charge in [0.05, 0.1) is 13.0 Å². The van der Waals surface area contributed by atoms with Crippen LogP contribution < -0.4 is 5.73 Å². The molecule has 0 radical (unpaired) electrons. The first kappa shape index (κ1) is 13.4. The minimum atomic E-state index is -0.165. The lowest BCUT2D eigenvalue weighted by Gasteiger charge is -2.14. The van der Waals surface area contributed by atoms with E-state index in [0.29, 0.717) is 18.9 Å². The van der Waals surface area contributed by atoms with Crippen molar-refractivity contribution in [3.05, 3.63) is 0 Å². The van der Waals surface area contributed by atoms with Gasteiger partial charge in [-0.3, -0.25) is 4.79 Å². The highest BCUT2D eigenvalue weighted by Gasteiger charge is 2.13. The molecule has 0 saturated carbocycles. The average molecular weight is 201 g/mol. The van der Waals surface area contributed by atoms with Gasteiger partial charge < -0.3 is 10.5 Å². The lowest BCUT2D eigenvalue weighted by Crippen LogP contribution is -2.30. The third kappa shape index (κ3) is 6.89. The van der Waals surface area contributed by atoms with E-state index >= 15 is 0 Å². The van der Waals surface area contributed by atoms with E-state index in [2.05, 4.69) is 6.92 Å². The standard InChI is InChI=1S/C11H23NO2/c1-4-5-6-7-14-11(13)8-10(12)9(2)3/h9-10H,4-8,12H2,1-3H3. The summed E-state index contributed by atoms with van der Waals surface area (Å²) < 4.78 is 5.05. The van der Waals surface area contributed by atoms with Crippen LogP contribution >= 0.6 is 0 Å². The van der Waals surface area contributed by atoms with Gasteiger partial charge in [-0.05, 0) is 12.3 Å². The van der Waals surface area contributed by atoms with Crippen molar-refractivity contribution in [3.63, 3.8) is 0 Å². The van der Waals surface area contributed by atoms with Gasteiger partial charge in [0.15, 0.2) is 0 Å². The van der Waals surface area contributed by atoms with Gasteiger partial charge in [-0.15, -0.1) is 0 Å². The lowest BCUT2D eigenvalue weighted by atomic mass is 10.0. The number of rotatable bonds is 7. The van der Waals surface area contributed by atoms with E-state index in [9.17, 15) is 4.79 Å². The SMILES string of the molecule is CCCCCOC(=O)CC(N)C(C)C. The predicted octanol–water partition coefficient (Wildman–Crippen LogP) is 2.09. The summed E-state index contributed by atoms with van der Waals surface area (Å²) in [5.41, 5.74) is 5.75. The molecule has 0 spiro atoms. The zero-order valence-electron chi connectivity index (χ0n) is 9.58. The Kier molecular flexibility index (Phi) is 7.48. The molecule has 0 heterocycles. The Morgan fingerprint density at radius 3 is 2.50 bits per heavy atom. The van der Waals surface area contributed by atoms with Gasteiger partial charge in [-0.2, -0.15) is 0 Å². The van der Waals surface area contributed by atoms with Crippen LogP contribution in [-0.2, 0) is 9.53 Å². The third-order valence-electron chi connectivity index (χ3n) is 2.27. The van der Waals surface area contributed by atoms with Gasteiger partial charge in [-0.25, -0.2) is 0 Å². The third-order valence-corrected chi connectivity index (χ3v) is 2.27. The molecule has 1 unspecified atom stereocenters. The first-order valence-electron chi connectivity index (χ1n) is 5.49. The Balaban J connectivity index is 3.45. The van der Waals surface area contributed by atoms with Crippen molar-refractivity contribution < 1.29 is 9.53 Å². The summed E-state index contributed by atoms with van der Waals surface area (Å²) in [6.45, 7) is 6.68. The molecule has 1 atom stereocenters. The van der Waals surface area contributed by atoms with E-state index in [4.69, 9.17) is 10.5 Å². The van der Waals surface area contributed by atoms with Crippen LogP contribution in [0.4, 0.5) is 0 Å². The van der Waals surface area contributed by atoms with Gasteiger partial charge in [0.1, 0.15) is 0 Å². The fourth-order valence-corrected chi connectivity index (χ4v) is 1.03. The summed E-state index contributed by atoms with van der Waals surface area (Å²) >= 11 is 0. The maximum Gasteiger partial charge on any atom is 0.307 e. The molecular formula is C11H23NO2. The van der Waals surface area contributed by atoms with Gasteiger partial charge >= 0.3 is 5.97 Å². The number of carbonyl (C=O) groups is 1. The number of nitrogens with two attached hydrogens (primary N) is 1. The van der Waals surface area contributed by atoms with Crippen LogP contribution in [0.2, 0.25) is 0 Å². The normalized spacial score (nSPS) is 12.9. The number of carbonyl (C=O) groups excluding carboxylic acids is 1. The Labute approximate surface area is 87.0 Å². The number of unbranched alkanes of at least 4 members (excludes halogenated alkanes) is 2. The van der Waals surface area contributed by atoms with Crippen LogP contribution in [0.5, 0.6) is 0 Å². The smallest absolute Gasteiger partial charge is 0.307 e. The molecule has 0 aliphatic heterocycles. The van der Waals surface area contributed by atoms with Crippen LogP contribution in [0.25, 0.3) is 0 Å². The molecule has 0 saturated heterocycles. The Morgan fingerprint density at radius 1 is 1.36 bits per heavy atom. The highest BCUT2D eigenvalue weighted by atomic mass is 16.5. The molecule has 0 aromatic rings. The van der Waals surface area contributed by atoms with Crippen molar-refractivity contribution in [2.45, 2.75) is 52.5 Å². The topological polar surface area (TPSA) is 52.3 Å². The number of hydrogen-bond acceptors (Lipinski definition) is 3. The average Bonchev–Trinajstić information content (AvgIpc) is 2.12. The molecular weight excluding hydrogens is 178 g/mol. The van der Waals surface area contributed by atoms with E-state index < -0.39 is 0 Å². The first-order chi connectivity index (χ1) is 6.57. The molecule has 14 heavy (non-hydrogen) atoms. The van der Waals surface area contributed by atoms with Gasteiger partial charge in [0.2, 0.25) is 0 Å². The van der Waals surface area contributed by atoms with Crippen LogP contribution in [-0.4, -0.2) is 18.6 Å². The summed E-state index contributed by atoms with van der Waals surface area (Å²) in [5.74, 6) is 0.167. The van der Waals surface area contributed by atoms with Crippen molar-refractivity contribution in [3.8, 4) is 0 Å². The largest absolute Gasteiger partial charge is 0.466 e. The van der Waals surface area contributed by atoms with Gasteiger partial charge in [0.25, 0.3) is 0 Å². The van der Waals surface area contributed by atoms with E-state index in [-0.39, 0.29) is 12.0 Å². The zero-order valence-corrected chi connectivity index (χ0v) is 9.58. The molecule has 0 aromatic heterocycles. The molecule has 0 aliphatic rings. The van der Waals surface area contributed by atoms with Crippen molar-refractivity contribution in [2.75, 3.05) is 6.61 Å². The molecule has 0 bridgehead atoms. The molecule has 84 valence electrons. The molecule has 0 aliphatic carbocycles. The van der Waals surface area contributed by atoms with Crippen molar-refractivity contribution in [2.24, 2.45) is 11.7 Å². The summed E-state index contributed by atoms with van der Waals surface area (Å²) in [6, 6.07) is -0.0753. The van der Waals surface area contributed by atoms with Crippen molar-refractivity contribution in [1.29, 1.82) is 0 Å². The molecule has 0 aromatic carbocycles. The molecule has 2 N–H and O–H groups in total. The fraction of sp³-hybridized carbons (Fsp3) is 0.909. The second kappa shape index (κ2) is 7.80. The maximum absolute atomic E-state index is 11.2. The fourth-order valence-electron chi connectivity index (χ4n) is 1.03. The van der Waals surface area contributed by atoms with Gasteiger partial charge in [0, 0.05) is 6.04 Å². The zero-order chi connectivity index (χ0) is 11.0. The van der Waals surface area contributed by atoms with Gasteiger partial charge in [-0.1, -0.05) is 33.6 Å². The minimum Gasteiger partial charge on any atom is -0.466 e. The van der Waals surface area contributed by atoms with E-state index in [1.165, 1.54) is 0 Å². The van der Waals surface area contributed by atoms with E-state index in [1.807, 2.05) is 13.8 Å². The molecule has 3 heteroatoms. The molecule has 0 rings (SSSR count).